The molecule has 1 atom stereocenters. The van der Waals surface area contributed by atoms with E-state index in [9.17, 15) is 18.5 Å². The van der Waals surface area contributed by atoms with Crippen LogP contribution in [0.4, 0.5) is 5.69 Å². The van der Waals surface area contributed by atoms with Gasteiger partial charge in [0.2, 0.25) is 10.0 Å². The number of aromatic nitrogens is 1. The van der Waals surface area contributed by atoms with Crippen molar-refractivity contribution in [2.75, 3.05) is 6.54 Å². The van der Waals surface area contributed by atoms with E-state index in [0.717, 1.165) is 18.1 Å². The molecular formula is C15H15N3O4S. The predicted molar refractivity (Wildman–Crippen MR) is 83.2 cm³/mol. The van der Waals surface area contributed by atoms with Gasteiger partial charge in [-0.1, -0.05) is 12.1 Å². The van der Waals surface area contributed by atoms with Gasteiger partial charge < -0.3 is 0 Å². The highest BCUT2D eigenvalue weighted by Gasteiger charge is 2.36. The Balaban J connectivity index is 1.99. The number of nitro benzene ring substituents is 1. The van der Waals surface area contributed by atoms with E-state index in [1.165, 1.54) is 22.5 Å². The summed E-state index contributed by atoms with van der Waals surface area (Å²) in [4.78, 5) is 14.3. The SMILES string of the molecule is O=[N+]([O-])c1cccc(S(=O)(=O)N2CCCC2c2cccnc2)c1. The van der Waals surface area contributed by atoms with Crippen LogP contribution >= 0.6 is 0 Å². The first-order valence-electron chi connectivity index (χ1n) is 7.16. The number of hydrogen-bond donors (Lipinski definition) is 0. The lowest BCUT2D eigenvalue weighted by molar-refractivity contribution is -0.385. The number of rotatable bonds is 4. The van der Waals surface area contributed by atoms with Crippen LogP contribution in [-0.2, 0) is 10.0 Å². The van der Waals surface area contributed by atoms with E-state index in [0.29, 0.717) is 13.0 Å². The topological polar surface area (TPSA) is 93.4 Å². The molecule has 7 nitrogen and oxygen atoms in total. The van der Waals surface area contributed by atoms with Gasteiger partial charge in [-0.2, -0.15) is 4.31 Å². The van der Waals surface area contributed by atoms with Crippen LogP contribution in [0.15, 0.2) is 53.7 Å². The first-order chi connectivity index (χ1) is 11.0. The highest BCUT2D eigenvalue weighted by atomic mass is 32.2. The monoisotopic (exact) mass is 333 g/mol. The summed E-state index contributed by atoms with van der Waals surface area (Å²) in [5, 5.41) is 10.9. The number of nitro groups is 1. The van der Waals surface area contributed by atoms with Crippen molar-refractivity contribution in [1.29, 1.82) is 0 Å². The third-order valence-electron chi connectivity index (χ3n) is 3.91. The Hall–Kier alpha value is -2.32. The number of pyridine rings is 1. The highest BCUT2D eigenvalue weighted by Crippen LogP contribution is 2.36. The number of non-ortho nitro benzene ring substituents is 1. The van der Waals surface area contributed by atoms with Gasteiger partial charge in [0, 0.05) is 31.1 Å². The van der Waals surface area contributed by atoms with Crippen LogP contribution in [0.3, 0.4) is 0 Å². The van der Waals surface area contributed by atoms with Crippen LogP contribution in [-0.4, -0.2) is 29.2 Å². The molecule has 0 N–H and O–H groups in total. The molecule has 1 fully saturated rings. The quantitative estimate of drug-likeness (QED) is 0.633. The Morgan fingerprint density at radius 3 is 2.78 bits per heavy atom. The summed E-state index contributed by atoms with van der Waals surface area (Å²) >= 11 is 0. The van der Waals surface area contributed by atoms with Crippen LogP contribution in [0, 0.1) is 10.1 Å². The van der Waals surface area contributed by atoms with Crippen LogP contribution < -0.4 is 0 Å². The van der Waals surface area contributed by atoms with E-state index in [1.54, 1.807) is 18.5 Å². The standard InChI is InChI=1S/C15H15N3O4S/c19-18(20)13-5-1-6-14(10-13)23(21,22)17-9-3-7-15(17)12-4-2-8-16-11-12/h1-2,4-6,8,10-11,15H,3,7,9H2. The summed E-state index contributed by atoms with van der Waals surface area (Å²) in [7, 11) is -3.79. The largest absolute Gasteiger partial charge is 0.270 e. The molecule has 120 valence electrons. The molecule has 8 heteroatoms. The zero-order valence-corrected chi connectivity index (χ0v) is 13.0. The van der Waals surface area contributed by atoms with Crippen molar-refractivity contribution >= 4 is 15.7 Å². The minimum atomic E-state index is -3.79. The summed E-state index contributed by atoms with van der Waals surface area (Å²) in [5.74, 6) is 0. The summed E-state index contributed by atoms with van der Waals surface area (Å²) in [6.07, 6.45) is 4.75. The van der Waals surface area contributed by atoms with Crippen LogP contribution in [0.25, 0.3) is 0 Å². The Morgan fingerprint density at radius 2 is 2.09 bits per heavy atom. The number of sulfonamides is 1. The summed E-state index contributed by atoms with van der Waals surface area (Å²) < 4.78 is 27.2. The minimum absolute atomic E-state index is 0.0532. The second kappa shape index (κ2) is 6.05. The fourth-order valence-electron chi connectivity index (χ4n) is 2.83. The molecular weight excluding hydrogens is 318 g/mol. The molecule has 2 heterocycles. The molecule has 1 aromatic heterocycles. The van der Waals surface area contributed by atoms with Gasteiger partial charge in [0.15, 0.2) is 0 Å². The summed E-state index contributed by atoms with van der Waals surface area (Å²) in [6, 6.07) is 8.49. The smallest absolute Gasteiger partial charge is 0.264 e. The average molecular weight is 333 g/mol. The molecule has 2 aromatic rings. The van der Waals surface area contributed by atoms with E-state index in [4.69, 9.17) is 0 Å². The van der Waals surface area contributed by atoms with Gasteiger partial charge in [0.25, 0.3) is 5.69 Å². The van der Waals surface area contributed by atoms with E-state index >= 15 is 0 Å². The van der Waals surface area contributed by atoms with Crippen molar-refractivity contribution in [3.8, 4) is 0 Å². The van der Waals surface area contributed by atoms with Crippen LogP contribution in [0.1, 0.15) is 24.4 Å². The Morgan fingerprint density at radius 1 is 1.26 bits per heavy atom. The molecule has 3 rings (SSSR count). The maximum absolute atomic E-state index is 12.9. The van der Waals surface area contributed by atoms with E-state index in [1.807, 2.05) is 6.07 Å². The Kier molecular flexibility index (Phi) is 4.10. The zero-order valence-electron chi connectivity index (χ0n) is 12.2. The second-order valence-corrected chi connectivity index (χ2v) is 7.21. The van der Waals surface area contributed by atoms with E-state index in [-0.39, 0.29) is 16.6 Å². The zero-order chi connectivity index (χ0) is 16.4. The number of hydrogen-bond acceptors (Lipinski definition) is 5. The maximum Gasteiger partial charge on any atom is 0.270 e. The van der Waals surface area contributed by atoms with Gasteiger partial charge >= 0.3 is 0 Å². The molecule has 1 unspecified atom stereocenters. The van der Waals surface area contributed by atoms with Crippen molar-refractivity contribution in [1.82, 2.24) is 9.29 Å². The summed E-state index contributed by atoms with van der Waals surface area (Å²) in [5.41, 5.74) is 0.599. The molecule has 0 saturated carbocycles. The predicted octanol–water partition coefficient (Wildman–Crippen LogP) is 2.52. The van der Waals surface area contributed by atoms with Crippen molar-refractivity contribution in [2.24, 2.45) is 0 Å². The van der Waals surface area contributed by atoms with Crippen LogP contribution in [0.5, 0.6) is 0 Å². The lowest BCUT2D eigenvalue weighted by Gasteiger charge is -2.24. The van der Waals surface area contributed by atoms with Gasteiger partial charge in [-0.25, -0.2) is 8.42 Å². The molecule has 23 heavy (non-hydrogen) atoms. The molecule has 0 spiro atoms. The molecule has 1 aromatic carbocycles. The first kappa shape index (κ1) is 15.6. The van der Waals surface area contributed by atoms with Crippen molar-refractivity contribution in [3.63, 3.8) is 0 Å². The first-order valence-corrected chi connectivity index (χ1v) is 8.60. The third kappa shape index (κ3) is 2.95. The van der Waals surface area contributed by atoms with Crippen molar-refractivity contribution in [2.45, 2.75) is 23.8 Å². The van der Waals surface area contributed by atoms with Crippen molar-refractivity contribution in [3.05, 3.63) is 64.5 Å². The maximum atomic E-state index is 12.9. The van der Waals surface area contributed by atoms with Gasteiger partial charge in [-0.15, -0.1) is 0 Å². The molecule has 1 aliphatic heterocycles. The molecule has 1 saturated heterocycles. The van der Waals surface area contributed by atoms with Gasteiger partial charge in [-0.3, -0.25) is 15.1 Å². The van der Waals surface area contributed by atoms with E-state index in [2.05, 4.69) is 4.98 Å². The fourth-order valence-corrected chi connectivity index (χ4v) is 4.55. The Labute approximate surface area is 133 Å². The van der Waals surface area contributed by atoms with Gasteiger partial charge in [0.1, 0.15) is 0 Å². The van der Waals surface area contributed by atoms with Crippen LogP contribution in [0.2, 0.25) is 0 Å². The highest BCUT2D eigenvalue weighted by molar-refractivity contribution is 7.89. The lowest BCUT2D eigenvalue weighted by Crippen LogP contribution is -2.30. The molecule has 0 aliphatic carbocycles. The molecule has 0 bridgehead atoms. The average Bonchev–Trinajstić information content (AvgIpc) is 3.06. The Bertz CT molecular complexity index is 824. The number of nitrogens with zero attached hydrogens (tertiary/aromatic N) is 3. The van der Waals surface area contributed by atoms with Crippen molar-refractivity contribution < 1.29 is 13.3 Å². The molecule has 0 radical (unpaired) electrons. The van der Waals surface area contributed by atoms with E-state index < -0.39 is 14.9 Å². The normalized spacial score (nSPS) is 18.9. The second-order valence-electron chi connectivity index (χ2n) is 5.31. The lowest BCUT2D eigenvalue weighted by atomic mass is 10.1. The van der Waals surface area contributed by atoms with Gasteiger partial charge in [-0.05, 0) is 30.5 Å². The fraction of sp³-hybridized carbons (Fsp3) is 0.267. The minimum Gasteiger partial charge on any atom is -0.264 e. The third-order valence-corrected chi connectivity index (χ3v) is 5.81. The summed E-state index contributed by atoms with van der Waals surface area (Å²) in [6.45, 7) is 0.393. The number of benzene rings is 1. The molecule has 0 amide bonds. The van der Waals surface area contributed by atoms with Gasteiger partial charge in [0.05, 0.1) is 15.9 Å². The molecule has 1 aliphatic rings.